The third-order valence-corrected chi connectivity index (χ3v) is 3.91. The molecule has 0 aliphatic rings. The number of hydrogen-bond donors (Lipinski definition) is 1. The van der Waals surface area contributed by atoms with E-state index in [2.05, 4.69) is 5.32 Å². The first kappa shape index (κ1) is 18.3. The highest BCUT2D eigenvalue weighted by Crippen LogP contribution is 2.30. The van der Waals surface area contributed by atoms with E-state index in [0.717, 1.165) is 17.7 Å². The standard InChI is InChI=1S/C18H17ClF3NO/c1-2-23-17(24)16(13-5-9-15(19)10-6-13)11-12-3-7-14(8-4-12)18(20,21)22/h3-10,16H,2,11H2,1H3,(H,23,24). The molecular formula is C18H17ClF3NO. The van der Waals surface area contributed by atoms with Crippen LogP contribution >= 0.6 is 11.6 Å². The lowest BCUT2D eigenvalue weighted by Crippen LogP contribution is -2.30. The van der Waals surface area contributed by atoms with Gasteiger partial charge in [0.2, 0.25) is 5.91 Å². The van der Waals surface area contributed by atoms with Gasteiger partial charge in [-0.3, -0.25) is 4.79 Å². The summed E-state index contributed by atoms with van der Waals surface area (Å²) in [5, 5.41) is 3.32. The van der Waals surface area contributed by atoms with Crippen LogP contribution in [0.25, 0.3) is 0 Å². The molecule has 2 aromatic rings. The van der Waals surface area contributed by atoms with Crippen LogP contribution in [0.3, 0.4) is 0 Å². The Morgan fingerprint density at radius 2 is 1.67 bits per heavy atom. The summed E-state index contributed by atoms with van der Waals surface area (Å²) in [6.07, 6.45) is -4.06. The molecule has 2 rings (SSSR count). The number of hydrogen-bond acceptors (Lipinski definition) is 1. The van der Waals surface area contributed by atoms with Crippen molar-refractivity contribution in [1.29, 1.82) is 0 Å². The van der Waals surface area contributed by atoms with Crippen molar-refractivity contribution >= 4 is 17.5 Å². The molecule has 24 heavy (non-hydrogen) atoms. The van der Waals surface area contributed by atoms with Gasteiger partial charge in [0, 0.05) is 11.6 Å². The summed E-state index contributed by atoms with van der Waals surface area (Å²) in [6.45, 7) is 2.30. The van der Waals surface area contributed by atoms with E-state index in [4.69, 9.17) is 11.6 Å². The highest BCUT2D eigenvalue weighted by atomic mass is 35.5. The second-order valence-electron chi connectivity index (χ2n) is 5.40. The molecule has 0 saturated carbocycles. The van der Waals surface area contributed by atoms with Crippen molar-refractivity contribution in [1.82, 2.24) is 5.32 Å². The maximum atomic E-state index is 12.6. The van der Waals surface area contributed by atoms with Crippen LogP contribution < -0.4 is 5.32 Å². The van der Waals surface area contributed by atoms with Crippen LogP contribution in [0.4, 0.5) is 13.2 Å². The largest absolute Gasteiger partial charge is 0.416 e. The maximum Gasteiger partial charge on any atom is 0.416 e. The fraction of sp³-hybridized carbons (Fsp3) is 0.278. The zero-order valence-corrected chi connectivity index (χ0v) is 13.8. The van der Waals surface area contributed by atoms with Gasteiger partial charge in [-0.25, -0.2) is 0 Å². The van der Waals surface area contributed by atoms with Crippen molar-refractivity contribution < 1.29 is 18.0 Å². The van der Waals surface area contributed by atoms with Crippen molar-refractivity contribution in [3.8, 4) is 0 Å². The number of carbonyl (C=O) groups is 1. The molecule has 0 heterocycles. The summed E-state index contributed by atoms with van der Waals surface area (Å²) in [5.74, 6) is -0.654. The first-order chi connectivity index (χ1) is 11.3. The minimum Gasteiger partial charge on any atom is -0.356 e. The third-order valence-electron chi connectivity index (χ3n) is 3.66. The van der Waals surface area contributed by atoms with E-state index in [1.807, 2.05) is 6.92 Å². The molecule has 0 radical (unpaired) electrons. The minimum absolute atomic E-state index is 0.167. The number of carbonyl (C=O) groups excluding carboxylic acids is 1. The number of benzene rings is 2. The Labute approximate surface area is 143 Å². The van der Waals surface area contributed by atoms with E-state index < -0.39 is 17.7 Å². The molecule has 128 valence electrons. The Kier molecular flexibility index (Phi) is 5.89. The Balaban J connectivity index is 2.25. The smallest absolute Gasteiger partial charge is 0.356 e. The summed E-state index contributed by atoms with van der Waals surface area (Å²) in [7, 11) is 0. The Bertz CT molecular complexity index is 681. The molecule has 0 saturated heterocycles. The van der Waals surface area contributed by atoms with E-state index in [-0.39, 0.29) is 5.91 Å². The number of likely N-dealkylation sites (N-methyl/N-ethyl adjacent to an activating group) is 1. The first-order valence-electron chi connectivity index (χ1n) is 7.50. The number of alkyl halides is 3. The van der Waals surface area contributed by atoms with E-state index >= 15 is 0 Å². The van der Waals surface area contributed by atoms with Crippen molar-refractivity contribution in [2.45, 2.75) is 25.4 Å². The minimum atomic E-state index is -4.37. The van der Waals surface area contributed by atoms with Crippen molar-refractivity contribution in [2.24, 2.45) is 0 Å². The van der Waals surface area contributed by atoms with Gasteiger partial charge in [0.1, 0.15) is 0 Å². The van der Waals surface area contributed by atoms with Gasteiger partial charge in [0.15, 0.2) is 0 Å². The average molecular weight is 356 g/mol. The van der Waals surface area contributed by atoms with Crippen LogP contribution in [-0.2, 0) is 17.4 Å². The lowest BCUT2D eigenvalue weighted by Gasteiger charge is -2.17. The average Bonchev–Trinajstić information content (AvgIpc) is 2.53. The van der Waals surface area contributed by atoms with E-state index in [9.17, 15) is 18.0 Å². The van der Waals surface area contributed by atoms with E-state index in [0.29, 0.717) is 23.6 Å². The summed E-state index contributed by atoms with van der Waals surface area (Å²) < 4.78 is 37.9. The van der Waals surface area contributed by atoms with E-state index in [1.54, 1.807) is 24.3 Å². The molecule has 1 amide bonds. The number of halogens is 4. The zero-order valence-electron chi connectivity index (χ0n) is 13.0. The van der Waals surface area contributed by atoms with Crippen molar-refractivity contribution in [2.75, 3.05) is 6.54 Å². The SMILES string of the molecule is CCNC(=O)C(Cc1ccc(C(F)(F)F)cc1)c1ccc(Cl)cc1. The fourth-order valence-corrected chi connectivity index (χ4v) is 2.55. The van der Waals surface area contributed by atoms with Crippen molar-refractivity contribution in [3.05, 3.63) is 70.2 Å². The van der Waals surface area contributed by atoms with Gasteiger partial charge in [0.25, 0.3) is 0 Å². The van der Waals surface area contributed by atoms with Crippen LogP contribution in [-0.4, -0.2) is 12.5 Å². The van der Waals surface area contributed by atoms with Crippen LogP contribution in [0.2, 0.25) is 5.02 Å². The summed E-state index contributed by atoms with van der Waals surface area (Å²) >= 11 is 5.87. The maximum absolute atomic E-state index is 12.6. The number of amides is 1. The molecule has 1 unspecified atom stereocenters. The molecule has 1 atom stereocenters. The third kappa shape index (κ3) is 4.74. The molecular weight excluding hydrogens is 339 g/mol. The molecule has 0 aromatic heterocycles. The second kappa shape index (κ2) is 7.71. The van der Waals surface area contributed by atoms with Gasteiger partial charge >= 0.3 is 6.18 Å². The molecule has 2 nitrogen and oxygen atoms in total. The molecule has 0 bridgehead atoms. The van der Waals surface area contributed by atoms with Gasteiger partial charge in [-0.15, -0.1) is 0 Å². The fourth-order valence-electron chi connectivity index (χ4n) is 2.42. The topological polar surface area (TPSA) is 29.1 Å². The van der Waals surface area contributed by atoms with Gasteiger partial charge in [-0.2, -0.15) is 13.2 Å². The monoisotopic (exact) mass is 355 g/mol. The summed E-state index contributed by atoms with van der Waals surface area (Å²) in [6, 6.07) is 11.8. The molecule has 0 aliphatic heterocycles. The lowest BCUT2D eigenvalue weighted by molar-refractivity contribution is -0.137. The number of rotatable bonds is 5. The van der Waals surface area contributed by atoms with Gasteiger partial charge in [0.05, 0.1) is 11.5 Å². The summed E-state index contributed by atoms with van der Waals surface area (Å²) in [4.78, 5) is 12.3. The van der Waals surface area contributed by atoms with Gasteiger partial charge < -0.3 is 5.32 Å². The predicted molar refractivity (Wildman–Crippen MR) is 88.0 cm³/mol. The lowest BCUT2D eigenvalue weighted by atomic mass is 9.91. The second-order valence-corrected chi connectivity index (χ2v) is 5.83. The molecule has 2 aromatic carbocycles. The normalized spacial score (nSPS) is 12.7. The Hall–Kier alpha value is -2.01. The molecule has 0 aliphatic carbocycles. The molecule has 1 N–H and O–H groups in total. The van der Waals surface area contributed by atoms with Crippen LogP contribution in [0, 0.1) is 0 Å². The van der Waals surface area contributed by atoms with E-state index in [1.165, 1.54) is 12.1 Å². The van der Waals surface area contributed by atoms with Crippen LogP contribution in [0.15, 0.2) is 48.5 Å². The predicted octanol–water partition coefficient (Wildman–Crippen LogP) is 4.82. The highest BCUT2D eigenvalue weighted by molar-refractivity contribution is 6.30. The highest BCUT2D eigenvalue weighted by Gasteiger charge is 2.30. The van der Waals surface area contributed by atoms with Gasteiger partial charge in [-0.1, -0.05) is 35.9 Å². The van der Waals surface area contributed by atoms with Crippen LogP contribution in [0.5, 0.6) is 0 Å². The molecule has 6 heteroatoms. The van der Waals surface area contributed by atoms with Crippen LogP contribution in [0.1, 0.15) is 29.5 Å². The molecule has 0 spiro atoms. The Morgan fingerprint density at radius 3 is 2.17 bits per heavy atom. The Morgan fingerprint density at radius 1 is 1.08 bits per heavy atom. The quantitative estimate of drug-likeness (QED) is 0.818. The van der Waals surface area contributed by atoms with Crippen molar-refractivity contribution in [3.63, 3.8) is 0 Å². The first-order valence-corrected chi connectivity index (χ1v) is 7.88. The number of nitrogens with one attached hydrogen (secondary N) is 1. The summed E-state index contributed by atoms with van der Waals surface area (Å²) in [5.41, 5.74) is 0.728. The molecule has 0 fully saturated rings. The van der Waals surface area contributed by atoms with Gasteiger partial charge in [-0.05, 0) is 48.7 Å². The zero-order chi connectivity index (χ0) is 17.7.